The highest BCUT2D eigenvalue weighted by molar-refractivity contribution is 6.01. The van der Waals surface area contributed by atoms with Crippen molar-refractivity contribution >= 4 is 23.6 Å². The Kier molecular flexibility index (Phi) is 41.7. The van der Waals surface area contributed by atoms with Crippen molar-refractivity contribution < 1.29 is 43.7 Å². The molecule has 1 aliphatic heterocycles. The molecule has 208 valence electrons. The third-order valence-corrected chi connectivity index (χ3v) is 3.58. The van der Waals surface area contributed by atoms with Gasteiger partial charge in [0.05, 0.1) is 6.42 Å². The van der Waals surface area contributed by atoms with E-state index in [2.05, 4.69) is 4.84 Å². The molecule has 10 heteroatoms. The van der Waals surface area contributed by atoms with Gasteiger partial charge < -0.3 is 29.3 Å². The standard InChI is InChI=1S/C11H17NO6.C8H16O3.5CH4/c13-6-2-8-17-7-1-3-11(16)18-12-9(14)4-5-10(12)15;1-8(10)4-2-6-11-7-3-5-9;;;;;/h13H,1-8H2;9H,2-7H2,1H3;5*1H4. The van der Waals surface area contributed by atoms with Gasteiger partial charge in [-0.1, -0.05) is 37.1 Å². The van der Waals surface area contributed by atoms with E-state index in [0.29, 0.717) is 57.2 Å². The van der Waals surface area contributed by atoms with E-state index < -0.39 is 17.8 Å². The van der Waals surface area contributed by atoms with E-state index in [1.54, 1.807) is 6.92 Å². The van der Waals surface area contributed by atoms with E-state index in [0.717, 1.165) is 6.42 Å². The first kappa shape index (κ1) is 45.6. The van der Waals surface area contributed by atoms with E-state index >= 15 is 0 Å². The minimum atomic E-state index is -0.621. The predicted molar refractivity (Wildman–Crippen MR) is 135 cm³/mol. The summed E-state index contributed by atoms with van der Waals surface area (Å²) in [6.07, 6.45) is 3.34. The zero-order valence-electron chi connectivity index (χ0n) is 17.1. The number of aliphatic hydroxyl groups excluding tert-OH is 2. The van der Waals surface area contributed by atoms with Gasteiger partial charge in [-0.15, -0.1) is 5.06 Å². The third kappa shape index (κ3) is 26.4. The quantitative estimate of drug-likeness (QED) is 0.255. The number of imide groups is 1. The lowest BCUT2D eigenvalue weighted by Gasteiger charge is -2.12. The van der Waals surface area contributed by atoms with Gasteiger partial charge in [-0.05, 0) is 32.6 Å². The zero-order chi connectivity index (χ0) is 21.9. The molecule has 2 amide bonds. The number of carbonyl (C=O) groups excluding carboxylic acids is 4. The van der Waals surface area contributed by atoms with Crippen LogP contribution in [0.1, 0.15) is 95.4 Å². The average molecular weight is 500 g/mol. The van der Waals surface area contributed by atoms with Gasteiger partial charge in [-0.3, -0.25) is 9.59 Å². The normalized spacial score (nSPS) is 11.3. The van der Waals surface area contributed by atoms with E-state index in [4.69, 9.17) is 19.7 Å². The Bertz CT molecular complexity index is 483. The summed E-state index contributed by atoms with van der Waals surface area (Å²) in [5.41, 5.74) is 0. The van der Waals surface area contributed by atoms with Crippen LogP contribution in [-0.2, 0) is 33.5 Å². The first-order chi connectivity index (χ1) is 13.9. The molecular weight excluding hydrogens is 446 g/mol. The maximum Gasteiger partial charge on any atom is 0.333 e. The number of rotatable bonds is 15. The van der Waals surface area contributed by atoms with Crippen molar-refractivity contribution in [3.63, 3.8) is 0 Å². The van der Waals surface area contributed by atoms with Crippen LogP contribution < -0.4 is 0 Å². The fourth-order valence-electron chi connectivity index (χ4n) is 2.08. The summed E-state index contributed by atoms with van der Waals surface area (Å²) >= 11 is 0. The second kappa shape index (κ2) is 31.1. The smallest absolute Gasteiger partial charge is 0.333 e. The summed E-state index contributed by atoms with van der Waals surface area (Å²) in [5.74, 6) is -1.37. The van der Waals surface area contributed by atoms with Crippen LogP contribution in [0.4, 0.5) is 0 Å². The lowest BCUT2D eigenvalue weighted by atomic mass is 10.2. The van der Waals surface area contributed by atoms with E-state index in [9.17, 15) is 19.2 Å². The Balaban J connectivity index is -0.000000109. The summed E-state index contributed by atoms with van der Waals surface area (Å²) in [6, 6.07) is 0. The van der Waals surface area contributed by atoms with Crippen molar-refractivity contribution in [1.29, 1.82) is 0 Å². The van der Waals surface area contributed by atoms with Crippen LogP contribution in [0.15, 0.2) is 0 Å². The first-order valence-electron chi connectivity index (χ1n) is 9.85. The van der Waals surface area contributed by atoms with Crippen LogP contribution in [0.2, 0.25) is 0 Å². The minimum absolute atomic E-state index is 0. The van der Waals surface area contributed by atoms with Gasteiger partial charge in [-0.2, -0.15) is 0 Å². The molecule has 10 nitrogen and oxygen atoms in total. The van der Waals surface area contributed by atoms with Crippen molar-refractivity contribution in [2.75, 3.05) is 39.6 Å². The number of hydroxylamine groups is 2. The zero-order valence-corrected chi connectivity index (χ0v) is 17.1. The summed E-state index contributed by atoms with van der Waals surface area (Å²) in [4.78, 5) is 48.7. The van der Waals surface area contributed by atoms with E-state index in [1.165, 1.54) is 0 Å². The van der Waals surface area contributed by atoms with Crippen molar-refractivity contribution in [3.8, 4) is 0 Å². The van der Waals surface area contributed by atoms with Gasteiger partial charge in [0.1, 0.15) is 5.78 Å². The molecule has 0 aromatic heterocycles. The molecule has 0 saturated carbocycles. The molecule has 2 N–H and O–H groups in total. The SMILES string of the molecule is C.C.C.C.C.CC(=O)CCCOCCCO.O=C(CCCOCCCO)ON1C(=O)CCC1=O. The largest absolute Gasteiger partial charge is 0.396 e. The van der Waals surface area contributed by atoms with Crippen LogP contribution in [0.25, 0.3) is 0 Å². The highest BCUT2D eigenvalue weighted by Crippen LogP contribution is 2.12. The third-order valence-electron chi connectivity index (χ3n) is 3.58. The predicted octanol–water partition coefficient (Wildman–Crippen LogP) is 3.71. The van der Waals surface area contributed by atoms with Gasteiger partial charge in [0.2, 0.25) is 0 Å². The van der Waals surface area contributed by atoms with Crippen molar-refractivity contribution in [2.45, 2.75) is 95.4 Å². The van der Waals surface area contributed by atoms with Crippen molar-refractivity contribution in [1.82, 2.24) is 5.06 Å². The average Bonchev–Trinajstić information content (AvgIpc) is 2.99. The van der Waals surface area contributed by atoms with Crippen molar-refractivity contribution in [3.05, 3.63) is 0 Å². The van der Waals surface area contributed by atoms with Gasteiger partial charge in [-0.25, -0.2) is 4.79 Å². The Morgan fingerprint density at radius 3 is 1.50 bits per heavy atom. The Labute approximate surface area is 207 Å². The molecule has 0 aromatic rings. The van der Waals surface area contributed by atoms with E-state index in [-0.39, 0.29) is 75.4 Å². The van der Waals surface area contributed by atoms with Crippen LogP contribution >= 0.6 is 0 Å². The summed E-state index contributed by atoms with van der Waals surface area (Å²) in [5, 5.41) is 17.4. The number of carbonyl (C=O) groups is 4. The molecule has 1 rings (SSSR count). The number of ketones is 1. The maximum atomic E-state index is 11.3. The fourth-order valence-corrected chi connectivity index (χ4v) is 2.08. The maximum absolute atomic E-state index is 11.3. The molecule has 1 heterocycles. The Morgan fingerprint density at radius 2 is 1.12 bits per heavy atom. The number of Topliss-reactive ketones (excluding diaryl/α,β-unsaturated/α-hetero) is 1. The first-order valence-corrected chi connectivity index (χ1v) is 9.85. The number of amides is 2. The molecule has 1 fully saturated rings. The second-order valence-electron chi connectivity index (χ2n) is 6.33. The molecule has 0 atom stereocenters. The second-order valence-corrected chi connectivity index (χ2v) is 6.33. The number of aliphatic hydroxyl groups is 2. The van der Waals surface area contributed by atoms with Crippen LogP contribution in [-0.4, -0.2) is 78.5 Å². The van der Waals surface area contributed by atoms with Gasteiger partial charge >= 0.3 is 5.97 Å². The topological polar surface area (TPSA) is 140 Å². The molecule has 0 spiro atoms. The Hall–Kier alpha value is -1.88. The lowest BCUT2D eigenvalue weighted by Crippen LogP contribution is -2.32. The molecular formula is C24H53NO9. The van der Waals surface area contributed by atoms with Gasteiger partial charge in [0, 0.05) is 58.9 Å². The van der Waals surface area contributed by atoms with Crippen molar-refractivity contribution in [2.24, 2.45) is 0 Å². The van der Waals surface area contributed by atoms with Crippen LogP contribution in [0.5, 0.6) is 0 Å². The van der Waals surface area contributed by atoms with E-state index in [1.807, 2.05) is 0 Å². The monoisotopic (exact) mass is 499 g/mol. The molecule has 0 bridgehead atoms. The number of hydrogen-bond acceptors (Lipinski definition) is 9. The summed E-state index contributed by atoms with van der Waals surface area (Å²) < 4.78 is 10.2. The summed E-state index contributed by atoms with van der Waals surface area (Å²) in [7, 11) is 0. The van der Waals surface area contributed by atoms with Crippen LogP contribution in [0.3, 0.4) is 0 Å². The van der Waals surface area contributed by atoms with Gasteiger partial charge in [0.25, 0.3) is 11.8 Å². The molecule has 1 aliphatic rings. The number of nitrogens with zero attached hydrogens (tertiary/aromatic N) is 1. The fraction of sp³-hybridized carbons (Fsp3) is 0.833. The number of hydrogen-bond donors (Lipinski definition) is 2. The Morgan fingerprint density at radius 1 is 0.735 bits per heavy atom. The van der Waals surface area contributed by atoms with Gasteiger partial charge in [0.15, 0.2) is 0 Å². The molecule has 0 aliphatic carbocycles. The highest BCUT2D eigenvalue weighted by Gasteiger charge is 2.32. The molecule has 0 aromatic carbocycles. The minimum Gasteiger partial charge on any atom is -0.396 e. The highest BCUT2D eigenvalue weighted by atomic mass is 16.7. The lowest BCUT2D eigenvalue weighted by molar-refractivity contribution is -0.197. The van der Waals surface area contributed by atoms with Crippen LogP contribution in [0, 0.1) is 0 Å². The molecule has 34 heavy (non-hydrogen) atoms. The molecule has 1 saturated heterocycles. The number of ether oxygens (including phenoxy) is 2. The molecule has 0 unspecified atom stereocenters. The molecule has 0 radical (unpaired) electrons. The summed E-state index contributed by atoms with van der Waals surface area (Å²) in [6.45, 7) is 3.85.